The van der Waals surface area contributed by atoms with Crippen molar-refractivity contribution in [1.29, 1.82) is 5.26 Å². The molecule has 72 valence electrons. The van der Waals surface area contributed by atoms with Crippen molar-refractivity contribution in [3.63, 3.8) is 0 Å². The summed E-state index contributed by atoms with van der Waals surface area (Å²) < 4.78 is 5.00. The summed E-state index contributed by atoms with van der Waals surface area (Å²) in [4.78, 5) is 10.5. The van der Waals surface area contributed by atoms with Crippen molar-refractivity contribution in [1.82, 2.24) is 0 Å². The number of aliphatic hydroxyl groups excluding tert-OH is 1. The highest BCUT2D eigenvalue weighted by Crippen LogP contribution is 2.33. The molecule has 0 aliphatic carbocycles. The number of carboxylic acid groups (broad SMARTS) is 1. The van der Waals surface area contributed by atoms with Crippen molar-refractivity contribution < 1.29 is 19.7 Å². The minimum Gasteiger partial charge on any atom is -0.479 e. The highest BCUT2D eigenvalue weighted by Gasteiger charge is 2.43. The molecule has 1 unspecified atom stereocenters. The van der Waals surface area contributed by atoms with Gasteiger partial charge in [0.1, 0.15) is 0 Å². The van der Waals surface area contributed by atoms with Crippen LogP contribution in [-0.2, 0) is 9.53 Å². The number of hydrogen-bond donors (Lipinski definition) is 2. The Morgan fingerprint density at radius 2 is 2.08 bits per heavy atom. The van der Waals surface area contributed by atoms with E-state index in [-0.39, 0.29) is 12.8 Å². The van der Waals surface area contributed by atoms with E-state index in [4.69, 9.17) is 15.1 Å². The van der Waals surface area contributed by atoms with Crippen LogP contribution in [-0.4, -0.2) is 35.5 Å². The zero-order valence-corrected chi connectivity index (χ0v) is 7.06. The van der Waals surface area contributed by atoms with Crippen molar-refractivity contribution >= 4 is 5.97 Å². The molecule has 5 heteroatoms. The predicted octanol–water partition coefficient (Wildman–Crippen LogP) is -0.248. The maximum Gasteiger partial charge on any atom is 0.334 e. The number of ether oxygens (including phenoxy) is 1. The van der Waals surface area contributed by atoms with E-state index in [1.54, 1.807) is 0 Å². The average Bonchev–Trinajstić information content (AvgIpc) is 2.17. The number of nitriles is 1. The van der Waals surface area contributed by atoms with E-state index in [0.717, 1.165) is 0 Å². The monoisotopic (exact) mass is 185 g/mol. The number of hydrogen-bond acceptors (Lipinski definition) is 4. The van der Waals surface area contributed by atoms with Gasteiger partial charge in [-0.3, -0.25) is 0 Å². The van der Waals surface area contributed by atoms with E-state index in [1.165, 1.54) is 0 Å². The van der Waals surface area contributed by atoms with Gasteiger partial charge in [-0.25, -0.2) is 4.79 Å². The van der Waals surface area contributed by atoms with Crippen LogP contribution in [0, 0.1) is 16.7 Å². The minimum absolute atomic E-state index is 0.275. The molecule has 1 aliphatic rings. The standard InChI is InChI=1S/C8H11NO4/c9-5-8(6(10)7(11)12)1-3-13-4-2-8/h6,10H,1-4H2,(H,11,12). The van der Waals surface area contributed by atoms with E-state index < -0.39 is 17.5 Å². The number of aliphatic carboxylic acids is 1. The summed E-state index contributed by atoms with van der Waals surface area (Å²) in [6, 6.07) is 1.89. The normalized spacial score (nSPS) is 23.1. The molecular weight excluding hydrogens is 174 g/mol. The fraction of sp³-hybridized carbons (Fsp3) is 0.750. The van der Waals surface area contributed by atoms with E-state index in [9.17, 15) is 9.90 Å². The van der Waals surface area contributed by atoms with Crippen LogP contribution in [0.25, 0.3) is 0 Å². The predicted molar refractivity (Wildman–Crippen MR) is 41.7 cm³/mol. The van der Waals surface area contributed by atoms with Crippen LogP contribution in [0.4, 0.5) is 0 Å². The molecule has 1 fully saturated rings. The fourth-order valence-corrected chi connectivity index (χ4v) is 1.42. The molecule has 1 atom stereocenters. The Bertz CT molecular complexity index is 239. The van der Waals surface area contributed by atoms with Gasteiger partial charge in [0.25, 0.3) is 0 Å². The number of nitrogens with zero attached hydrogens (tertiary/aromatic N) is 1. The van der Waals surface area contributed by atoms with Crippen molar-refractivity contribution in [2.45, 2.75) is 18.9 Å². The smallest absolute Gasteiger partial charge is 0.334 e. The van der Waals surface area contributed by atoms with E-state index in [1.807, 2.05) is 6.07 Å². The Balaban J connectivity index is 2.80. The first-order chi connectivity index (χ1) is 6.12. The summed E-state index contributed by atoms with van der Waals surface area (Å²) in [7, 11) is 0. The van der Waals surface area contributed by atoms with Crippen LogP contribution in [0.3, 0.4) is 0 Å². The topological polar surface area (TPSA) is 90.5 Å². The first kappa shape index (κ1) is 9.96. The van der Waals surface area contributed by atoms with Crippen LogP contribution in [0.15, 0.2) is 0 Å². The molecule has 0 aromatic heterocycles. The van der Waals surface area contributed by atoms with Gasteiger partial charge in [0, 0.05) is 13.2 Å². The Labute approximate surface area is 75.5 Å². The Kier molecular flexibility index (Phi) is 2.86. The van der Waals surface area contributed by atoms with Crippen LogP contribution < -0.4 is 0 Å². The van der Waals surface area contributed by atoms with Gasteiger partial charge in [0.15, 0.2) is 6.10 Å². The number of carbonyl (C=O) groups is 1. The largest absolute Gasteiger partial charge is 0.479 e. The summed E-state index contributed by atoms with van der Waals surface area (Å²) in [5.74, 6) is -1.34. The van der Waals surface area contributed by atoms with Gasteiger partial charge in [-0.15, -0.1) is 0 Å². The summed E-state index contributed by atoms with van der Waals surface area (Å²) >= 11 is 0. The van der Waals surface area contributed by atoms with Gasteiger partial charge in [-0.05, 0) is 12.8 Å². The molecule has 0 aromatic carbocycles. The third kappa shape index (κ3) is 1.79. The van der Waals surface area contributed by atoms with Gasteiger partial charge in [0.05, 0.1) is 11.5 Å². The maximum atomic E-state index is 10.5. The second-order valence-electron chi connectivity index (χ2n) is 3.12. The molecule has 1 aliphatic heterocycles. The molecule has 1 heterocycles. The number of carboxylic acids is 1. The van der Waals surface area contributed by atoms with Gasteiger partial charge in [-0.1, -0.05) is 0 Å². The summed E-state index contributed by atoms with van der Waals surface area (Å²) in [5.41, 5.74) is -1.16. The minimum atomic E-state index is -1.61. The molecule has 1 rings (SSSR count). The van der Waals surface area contributed by atoms with Gasteiger partial charge >= 0.3 is 5.97 Å². The van der Waals surface area contributed by atoms with Crippen LogP contribution in [0.5, 0.6) is 0 Å². The molecule has 0 bridgehead atoms. The first-order valence-electron chi connectivity index (χ1n) is 4.02. The third-order valence-corrected chi connectivity index (χ3v) is 2.37. The summed E-state index contributed by atoms with van der Waals surface area (Å²) in [5, 5.41) is 26.7. The van der Waals surface area contributed by atoms with Crippen LogP contribution in [0.2, 0.25) is 0 Å². The lowest BCUT2D eigenvalue weighted by Crippen LogP contribution is -2.43. The lowest BCUT2D eigenvalue weighted by Gasteiger charge is -2.32. The van der Waals surface area contributed by atoms with E-state index >= 15 is 0 Å². The second-order valence-corrected chi connectivity index (χ2v) is 3.12. The molecular formula is C8H11NO4. The van der Waals surface area contributed by atoms with E-state index in [0.29, 0.717) is 13.2 Å². The lowest BCUT2D eigenvalue weighted by molar-refractivity contribution is -0.155. The molecule has 2 N–H and O–H groups in total. The molecule has 1 saturated heterocycles. The Hall–Kier alpha value is -1.12. The summed E-state index contributed by atoms with van der Waals surface area (Å²) in [6.45, 7) is 0.663. The Morgan fingerprint density at radius 3 is 2.46 bits per heavy atom. The first-order valence-corrected chi connectivity index (χ1v) is 4.02. The van der Waals surface area contributed by atoms with Crippen molar-refractivity contribution in [2.24, 2.45) is 5.41 Å². The molecule has 0 amide bonds. The van der Waals surface area contributed by atoms with Crippen LogP contribution >= 0.6 is 0 Å². The zero-order chi connectivity index (χ0) is 9.90. The zero-order valence-electron chi connectivity index (χ0n) is 7.06. The molecule has 0 saturated carbocycles. The van der Waals surface area contributed by atoms with Crippen LogP contribution in [0.1, 0.15) is 12.8 Å². The van der Waals surface area contributed by atoms with Crippen molar-refractivity contribution in [3.05, 3.63) is 0 Å². The quantitative estimate of drug-likeness (QED) is 0.619. The van der Waals surface area contributed by atoms with E-state index in [2.05, 4.69) is 0 Å². The average molecular weight is 185 g/mol. The third-order valence-electron chi connectivity index (χ3n) is 2.37. The summed E-state index contributed by atoms with van der Waals surface area (Å²) in [6.07, 6.45) is -1.06. The Morgan fingerprint density at radius 1 is 1.54 bits per heavy atom. The number of aliphatic hydroxyl groups is 1. The highest BCUT2D eigenvalue weighted by molar-refractivity contribution is 5.73. The second kappa shape index (κ2) is 3.73. The fourth-order valence-electron chi connectivity index (χ4n) is 1.42. The lowest BCUT2D eigenvalue weighted by atomic mass is 9.76. The molecule has 5 nitrogen and oxygen atoms in total. The SMILES string of the molecule is N#CC1(C(O)C(=O)O)CCOCC1. The molecule has 0 aromatic rings. The maximum absolute atomic E-state index is 10.5. The van der Waals surface area contributed by atoms with Gasteiger partial charge in [0.2, 0.25) is 0 Å². The number of rotatable bonds is 2. The van der Waals surface area contributed by atoms with Gasteiger partial charge in [-0.2, -0.15) is 5.26 Å². The van der Waals surface area contributed by atoms with Crippen molar-refractivity contribution in [3.8, 4) is 6.07 Å². The molecule has 0 spiro atoms. The molecule has 0 radical (unpaired) electrons. The highest BCUT2D eigenvalue weighted by atomic mass is 16.5. The van der Waals surface area contributed by atoms with Gasteiger partial charge < -0.3 is 14.9 Å². The molecule has 13 heavy (non-hydrogen) atoms. The van der Waals surface area contributed by atoms with Crippen molar-refractivity contribution in [2.75, 3.05) is 13.2 Å².